The van der Waals surface area contributed by atoms with Crippen molar-refractivity contribution in [3.63, 3.8) is 0 Å². The molecule has 2 rings (SSSR count). The van der Waals surface area contributed by atoms with Gasteiger partial charge in [0.25, 0.3) is 0 Å². The molecular formula is C9H9NO. The van der Waals surface area contributed by atoms with Gasteiger partial charge in [-0.05, 0) is 31.0 Å². The second kappa shape index (κ2) is 2.09. The molecule has 0 aliphatic rings. The molecule has 0 aliphatic heterocycles. The highest BCUT2D eigenvalue weighted by atomic mass is 16.5. The first-order valence-corrected chi connectivity index (χ1v) is 3.59. The van der Waals surface area contributed by atoms with Crippen LogP contribution in [-0.2, 0) is 0 Å². The predicted octanol–water partition coefficient (Wildman–Crippen LogP) is 2.44. The van der Waals surface area contributed by atoms with Crippen molar-refractivity contribution in [3.8, 4) is 0 Å². The third-order valence-electron chi connectivity index (χ3n) is 1.83. The van der Waals surface area contributed by atoms with Gasteiger partial charge in [0.2, 0.25) is 0 Å². The average molecular weight is 147 g/mol. The van der Waals surface area contributed by atoms with Gasteiger partial charge in [-0.3, -0.25) is 0 Å². The SMILES string of the molecule is Cc1cc(C)c2conc2c1. The molecule has 1 aromatic carbocycles. The number of fused-ring (bicyclic) bond motifs is 1. The molecule has 0 spiro atoms. The van der Waals surface area contributed by atoms with E-state index >= 15 is 0 Å². The minimum atomic E-state index is 0.947. The van der Waals surface area contributed by atoms with Crippen molar-refractivity contribution in [2.24, 2.45) is 0 Å². The molecule has 0 fully saturated rings. The maximum atomic E-state index is 4.85. The lowest BCUT2D eigenvalue weighted by atomic mass is 10.1. The van der Waals surface area contributed by atoms with Gasteiger partial charge in [-0.15, -0.1) is 0 Å². The first kappa shape index (κ1) is 6.40. The molecule has 2 heteroatoms. The number of nitrogens with zero attached hydrogens (tertiary/aromatic N) is 1. The van der Waals surface area contributed by atoms with Gasteiger partial charge in [-0.25, -0.2) is 0 Å². The lowest BCUT2D eigenvalue weighted by Crippen LogP contribution is -1.77. The third kappa shape index (κ3) is 0.909. The van der Waals surface area contributed by atoms with Gasteiger partial charge in [0.05, 0.1) is 0 Å². The van der Waals surface area contributed by atoms with Crippen LogP contribution in [0.25, 0.3) is 10.9 Å². The summed E-state index contributed by atoms with van der Waals surface area (Å²) in [7, 11) is 0. The summed E-state index contributed by atoms with van der Waals surface area (Å²) in [5.41, 5.74) is 3.40. The van der Waals surface area contributed by atoms with Crippen molar-refractivity contribution in [1.29, 1.82) is 0 Å². The van der Waals surface area contributed by atoms with E-state index in [0.29, 0.717) is 0 Å². The molecule has 11 heavy (non-hydrogen) atoms. The normalized spacial score (nSPS) is 10.7. The molecule has 2 nitrogen and oxygen atoms in total. The monoisotopic (exact) mass is 147 g/mol. The van der Waals surface area contributed by atoms with Crippen molar-refractivity contribution in [2.45, 2.75) is 13.8 Å². The van der Waals surface area contributed by atoms with E-state index in [1.165, 1.54) is 11.1 Å². The van der Waals surface area contributed by atoms with E-state index in [4.69, 9.17) is 4.52 Å². The number of aryl methyl sites for hydroxylation is 2. The molecule has 0 atom stereocenters. The van der Waals surface area contributed by atoms with E-state index in [-0.39, 0.29) is 0 Å². The van der Waals surface area contributed by atoms with E-state index < -0.39 is 0 Å². The van der Waals surface area contributed by atoms with Gasteiger partial charge >= 0.3 is 0 Å². The third-order valence-corrected chi connectivity index (χ3v) is 1.83. The Morgan fingerprint density at radius 3 is 2.91 bits per heavy atom. The van der Waals surface area contributed by atoms with Crippen LogP contribution in [0.4, 0.5) is 0 Å². The zero-order valence-corrected chi connectivity index (χ0v) is 6.59. The van der Waals surface area contributed by atoms with Crippen LogP contribution in [0.1, 0.15) is 11.1 Å². The summed E-state index contributed by atoms with van der Waals surface area (Å²) in [6, 6.07) is 4.14. The molecule has 0 saturated heterocycles. The minimum Gasteiger partial charge on any atom is -0.363 e. The standard InChI is InChI=1S/C9H9NO/c1-6-3-7(2)8-5-11-10-9(8)4-6/h3-5H,1-2H3. The Hall–Kier alpha value is -1.31. The number of rotatable bonds is 0. The van der Waals surface area contributed by atoms with Crippen molar-refractivity contribution in [3.05, 3.63) is 29.5 Å². The van der Waals surface area contributed by atoms with Crippen molar-refractivity contribution in [1.82, 2.24) is 5.16 Å². The second-order valence-electron chi connectivity index (χ2n) is 2.83. The largest absolute Gasteiger partial charge is 0.363 e. The van der Waals surface area contributed by atoms with Gasteiger partial charge < -0.3 is 4.52 Å². The molecule has 0 aliphatic carbocycles. The van der Waals surface area contributed by atoms with Gasteiger partial charge in [-0.2, -0.15) is 0 Å². The second-order valence-corrected chi connectivity index (χ2v) is 2.83. The Balaban J connectivity index is 2.91. The van der Waals surface area contributed by atoms with E-state index in [1.807, 2.05) is 6.07 Å². The fourth-order valence-corrected chi connectivity index (χ4v) is 1.32. The zero-order valence-electron chi connectivity index (χ0n) is 6.59. The Morgan fingerprint density at radius 2 is 2.09 bits per heavy atom. The van der Waals surface area contributed by atoms with E-state index in [2.05, 4.69) is 25.1 Å². The Labute approximate surface area is 64.8 Å². The molecule has 0 unspecified atom stereocenters. The molecule has 0 N–H and O–H groups in total. The van der Waals surface area contributed by atoms with Crippen LogP contribution >= 0.6 is 0 Å². The summed E-state index contributed by atoms with van der Waals surface area (Å²) in [5, 5.41) is 4.97. The van der Waals surface area contributed by atoms with Crippen LogP contribution in [0.3, 0.4) is 0 Å². The van der Waals surface area contributed by atoms with Crippen LogP contribution in [0, 0.1) is 13.8 Å². The molecule has 1 aromatic heterocycles. The molecule has 2 aromatic rings. The van der Waals surface area contributed by atoms with Crippen LogP contribution in [0.2, 0.25) is 0 Å². The summed E-state index contributed by atoms with van der Waals surface area (Å²) in [6.07, 6.45) is 1.68. The topological polar surface area (TPSA) is 26.0 Å². The maximum absolute atomic E-state index is 4.85. The number of benzene rings is 1. The first-order chi connectivity index (χ1) is 5.27. The summed E-state index contributed by atoms with van der Waals surface area (Å²) < 4.78 is 4.85. The van der Waals surface area contributed by atoms with E-state index in [9.17, 15) is 0 Å². The van der Waals surface area contributed by atoms with Gasteiger partial charge in [0, 0.05) is 5.39 Å². The number of aromatic nitrogens is 1. The molecule has 1 heterocycles. The summed E-state index contributed by atoms with van der Waals surface area (Å²) in [4.78, 5) is 0. The van der Waals surface area contributed by atoms with Crippen LogP contribution in [0.15, 0.2) is 22.9 Å². The average Bonchev–Trinajstić information content (AvgIpc) is 2.34. The molecule has 0 radical (unpaired) electrons. The maximum Gasteiger partial charge on any atom is 0.131 e. The summed E-state index contributed by atoms with van der Waals surface area (Å²) in [5.74, 6) is 0. The van der Waals surface area contributed by atoms with Crippen molar-refractivity contribution in [2.75, 3.05) is 0 Å². The highest BCUT2D eigenvalue weighted by molar-refractivity contribution is 5.81. The Bertz CT molecular complexity index is 389. The lowest BCUT2D eigenvalue weighted by molar-refractivity contribution is 0.428. The van der Waals surface area contributed by atoms with Gasteiger partial charge in [0.1, 0.15) is 11.8 Å². The number of hydrogen-bond acceptors (Lipinski definition) is 2. The molecule has 0 saturated carbocycles. The van der Waals surface area contributed by atoms with Gasteiger partial charge in [0.15, 0.2) is 0 Å². The highest BCUT2D eigenvalue weighted by Crippen LogP contribution is 2.18. The van der Waals surface area contributed by atoms with E-state index in [1.54, 1.807) is 6.26 Å². The Morgan fingerprint density at radius 1 is 1.27 bits per heavy atom. The van der Waals surface area contributed by atoms with Gasteiger partial charge in [-0.1, -0.05) is 11.2 Å². The predicted molar refractivity (Wildman–Crippen MR) is 43.5 cm³/mol. The number of hydrogen-bond donors (Lipinski definition) is 0. The molecule has 56 valence electrons. The van der Waals surface area contributed by atoms with Crippen LogP contribution in [0.5, 0.6) is 0 Å². The first-order valence-electron chi connectivity index (χ1n) is 3.59. The van der Waals surface area contributed by atoms with Crippen molar-refractivity contribution < 1.29 is 4.52 Å². The minimum absolute atomic E-state index is 0.947. The molecule has 0 bridgehead atoms. The van der Waals surface area contributed by atoms with E-state index in [0.717, 1.165) is 10.9 Å². The summed E-state index contributed by atoms with van der Waals surface area (Å²) in [6.45, 7) is 4.12. The van der Waals surface area contributed by atoms with Crippen molar-refractivity contribution >= 4 is 10.9 Å². The zero-order chi connectivity index (χ0) is 7.84. The highest BCUT2D eigenvalue weighted by Gasteiger charge is 2.00. The lowest BCUT2D eigenvalue weighted by Gasteiger charge is -1.94. The fraction of sp³-hybridized carbons (Fsp3) is 0.222. The summed E-state index contributed by atoms with van der Waals surface area (Å²) >= 11 is 0. The Kier molecular flexibility index (Phi) is 1.22. The smallest absolute Gasteiger partial charge is 0.131 e. The fourth-order valence-electron chi connectivity index (χ4n) is 1.32. The molecule has 0 amide bonds. The van der Waals surface area contributed by atoms with Crippen LogP contribution < -0.4 is 0 Å². The quantitative estimate of drug-likeness (QED) is 0.572. The van der Waals surface area contributed by atoms with Crippen LogP contribution in [-0.4, -0.2) is 5.16 Å². The molecular weight excluding hydrogens is 138 g/mol.